The molecule has 0 amide bonds. The van der Waals surface area contributed by atoms with Crippen LogP contribution in [0.15, 0.2) is 47.2 Å². The SMILES string of the molecule is N#Cc1cnc2ccccc2c1NCc1ccno1. The van der Waals surface area contributed by atoms with Gasteiger partial charge in [0.05, 0.1) is 29.5 Å². The molecule has 5 heteroatoms. The molecule has 3 aromatic rings. The zero-order valence-electron chi connectivity index (χ0n) is 10.00. The Balaban J connectivity index is 2.02. The lowest BCUT2D eigenvalue weighted by atomic mass is 10.1. The average Bonchev–Trinajstić information content (AvgIpc) is 2.97. The molecule has 3 rings (SSSR count). The summed E-state index contributed by atoms with van der Waals surface area (Å²) in [5, 5.41) is 16.9. The highest BCUT2D eigenvalue weighted by molar-refractivity contribution is 5.93. The van der Waals surface area contributed by atoms with Gasteiger partial charge in [-0.15, -0.1) is 0 Å². The summed E-state index contributed by atoms with van der Waals surface area (Å²) in [7, 11) is 0. The molecule has 0 spiro atoms. The Morgan fingerprint density at radius 3 is 2.95 bits per heavy atom. The highest BCUT2D eigenvalue weighted by Gasteiger charge is 2.08. The molecule has 0 atom stereocenters. The van der Waals surface area contributed by atoms with Crippen molar-refractivity contribution in [3.63, 3.8) is 0 Å². The number of benzene rings is 1. The van der Waals surface area contributed by atoms with Crippen LogP contribution in [-0.2, 0) is 6.54 Å². The normalized spacial score (nSPS) is 10.3. The Morgan fingerprint density at radius 2 is 2.16 bits per heavy atom. The molecule has 0 aliphatic rings. The number of anilines is 1. The Hall–Kier alpha value is -2.87. The number of hydrogen-bond acceptors (Lipinski definition) is 5. The number of pyridine rings is 1. The smallest absolute Gasteiger partial charge is 0.155 e. The van der Waals surface area contributed by atoms with E-state index in [9.17, 15) is 0 Å². The molecule has 0 unspecified atom stereocenters. The van der Waals surface area contributed by atoms with Gasteiger partial charge in [-0.25, -0.2) is 0 Å². The van der Waals surface area contributed by atoms with Gasteiger partial charge in [0, 0.05) is 17.6 Å². The number of fused-ring (bicyclic) bond motifs is 1. The summed E-state index contributed by atoms with van der Waals surface area (Å²) >= 11 is 0. The second-order valence-electron chi connectivity index (χ2n) is 4.01. The van der Waals surface area contributed by atoms with Gasteiger partial charge < -0.3 is 9.84 Å². The summed E-state index contributed by atoms with van der Waals surface area (Å²) in [5.41, 5.74) is 2.13. The van der Waals surface area contributed by atoms with Crippen molar-refractivity contribution in [2.24, 2.45) is 0 Å². The van der Waals surface area contributed by atoms with Crippen LogP contribution in [0.3, 0.4) is 0 Å². The maximum atomic E-state index is 9.17. The molecule has 0 fully saturated rings. The molecule has 0 aliphatic carbocycles. The fourth-order valence-corrected chi connectivity index (χ4v) is 1.93. The van der Waals surface area contributed by atoms with E-state index in [4.69, 9.17) is 9.78 Å². The van der Waals surface area contributed by atoms with E-state index in [1.807, 2.05) is 24.3 Å². The van der Waals surface area contributed by atoms with Crippen molar-refractivity contribution >= 4 is 16.6 Å². The Kier molecular flexibility index (Phi) is 2.83. The van der Waals surface area contributed by atoms with Crippen molar-refractivity contribution < 1.29 is 4.52 Å². The molecule has 1 N–H and O–H groups in total. The lowest BCUT2D eigenvalue weighted by molar-refractivity contribution is 0.388. The van der Waals surface area contributed by atoms with Crippen LogP contribution < -0.4 is 5.32 Å². The average molecular weight is 250 g/mol. The molecule has 0 aliphatic heterocycles. The van der Waals surface area contributed by atoms with Gasteiger partial charge in [-0.3, -0.25) is 4.98 Å². The van der Waals surface area contributed by atoms with Crippen LogP contribution in [0.4, 0.5) is 5.69 Å². The molecule has 2 heterocycles. The number of nitrogens with zero attached hydrogens (tertiary/aromatic N) is 3. The topological polar surface area (TPSA) is 74.7 Å². The largest absolute Gasteiger partial charge is 0.376 e. The summed E-state index contributed by atoms with van der Waals surface area (Å²) in [5.74, 6) is 0.713. The van der Waals surface area contributed by atoms with E-state index in [-0.39, 0.29) is 0 Å². The fourth-order valence-electron chi connectivity index (χ4n) is 1.93. The zero-order chi connectivity index (χ0) is 13.1. The minimum absolute atomic E-state index is 0.475. The van der Waals surface area contributed by atoms with Crippen LogP contribution in [0.2, 0.25) is 0 Å². The molecule has 0 bridgehead atoms. The lowest BCUT2D eigenvalue weighted by Crippen LogP contribution is -2.02. The first-order valence-electron chi connectivity index (χ1n) is 5.80. The number of aromatic nitrogens is 2. The van der Waals surface area contributed by atoms with Gasteiger partial charge in [-0.2, -0.15) is 5.26 Å². The number of para-hydroxylation sites is 1. The van der Waals surface area contributed by atoms with E-state index >= 15 is 0 Å². The molecule has 1 aromatic carbocycles. The molecular formula is C14H10N4O. The summed E-state index contributed by atoms with van der Waals surface area (Å²) in [6.07, 6.45) is 3.16. The number of hydrogen-bond donors (Lipinski definition) is 1. The van der Waals surface area contributed by atoms with Crippen LogP contribution in [0, 0.1) is 11.3 Å². The Labute approximate surface area is 109 Å². The standard InChI is InChI=1S/C14H10N4O/c15-7-10-8-16-13-4-2-1-3-12(13)14(10)17-9-11-5-6-18-19-11/h1-6,8H,9H2,(H,16,17). The zero-order valence-corrected chi connectivity index (χ0v) is 10.00. The summed E-state index contributed by atoms with van der Waals surface area (Å²) < 4.78 is 5.03. The third-order valence-electron chi connectivity index (χ3n) is 2.83. The van der Waals surface area contributed by atoms with E-state index in [2.05, 4.69) is 21.5 Å². The quantitative estimate of drug-likeness (QED) is 0.773. The summed E-state index contributed by atoms with van der Waals surface area (Å²) in [6.45, 7) is 0.475. The number of rotatable bonds is 3. The fraction of sp³-hybridized carbons (Fsp3) is 0.0714. The second kappa shape index (κ2) is 4.78. The number of nitrogens with one attached hydrogen (secondary N) is 1. The molecule has 2 aromatic heterocycles. The van der Waals surface area contributed by atoms with E-state index in [1.165, 1.54) is 0 Å². The second-order valence-corrected chi connectivity index (χ2v) is 4.01. The minimum atomic E-state index is 0.475. The van der Waals surface area contributed by atoms with Crippen LogP contribution in [0.1, 0.15) is 11.3 Å². The molecule has 92 valence electrons. The monoisotopic (exact) mass is 250 g/mol. The summed E-state index contributed by atoms with van der Waals surface area (Å²) in [4.78, 5) is 4.26. The van der Waals surface area contributed by atoms with Gasteiger partial charge in [0.25, 0.3) is 0 Å². The maximum absolute atomic E-state index is 9.17. The van der Waals surface area contributed by atoms with Gasteiger partial charge in [0.15, 0.2) is 5.76 Å². The molecule has 0 saturated heterocycles. The lowest BCUT2D eigenvalue weighted by Gasteiger charge is -2.09. The third-order valence-corrected chi connectivity index (χ3v) is 2.83. The van der Waals surface area contributed by atoms with Crippen molar-refractivity contribution in [1.29, 1.82) is 5.26 Å². The summed E-state index contributed by atoms with van der Waals surface area (Å²) in [6, 6.07) is 11.6. The molecule has 0 radical (unpaired) electrons. The first-order valence-corrected chi connectivity index (χ1v) is 5.80. The van der Waals surface area contributed by atoms with E-state index < -0.39 is 0 Å². The van der Waals surface area contributed by atoms with Crippen molar-refractivity contribution in [2.45, 2.75) is 6.54 Å². The predicted molar refractivity (Wildman–Crippen MR) is 70.3 cm³/mol. The van der Waals surface area contributed by atoms with E-state index in [1.54, 1.807) is 18.5 Å². The van der Waals surface area contributed by atoms with Gasteiger partial charge in [0.1, 0.15) is 6.07 Å². The predicted octanol–water partition coefficient (Wildman–Crippen LogP) is 2.71. The number of nitriles is 1. The third kappa shape index (κ3) is 2.11. The van der Waals surface area contributed by atoms with Gasteiger partial charge in [0.2, 0.25) is 0 Å². The van der Waals surface area contributed by atoms with Gasteiger partial charge >= 0.3 is 0 Å². The van der Waals surface area contributed by atoms with Crippen LogP contribution >= 0.6 is 0 Å². The Morgan fingerprint density at radius 1 is 1.26 bits per heavy atom. The van der Waals surface area contributed by atoms with Crippen LogP contribution in [0.5, 0.6) is 0 Å². The van der Waals surface area contributed by atoms with Crippen molar-refractivity contribution in [3.05, 3.63) is 54.0 Å². The van der Waals surface area contributed by atoms with Crippen molar-refractivity contribution in [3.8, 4) is 6.07 Å². The molecular weight excluding hydrogens is 240 g/mol. The van der Waals surface area contributed by atoms with Crippen molar-refractivity contribution in [1.82, 2.24) is 10.1 Å². The van der Waals surface area contributed by atoms with E-state index in [0.717, 1.165) is 16.6 Å². The van der Waals surface area contributed by atoms with Crippen LogP contribution in [-0.4, -0.2) is 10.1 Å². The first-order chi connectivity index (χ1) is 9.38. The first kappa shape index (κ1) is 11.2. The van der Waals surface area contributed by atoms with Gasteiger partial charge in [-0.1, -0.05) is 23.4 Å². The Bertz CT molecular complexity index is 744. The minimum Gasteiger partial charge on any atom is -0.376 e. The maximum Gasteiger partial charge on any atom is 0.155 e. The molecule has 5 nitrogen and oxygen atoms in total. The highest BCUT2D eigenvalue weighted by Crippen LogP contribution is 2.25. The molecule has 19 heavy (non-hydrogen) atoms. The van der Waals surface area contributed by atoms with E-state index in [0.29, 0.717) is 17.9 Å². The van der Waals surface area contributed by atoms with Crippen molar-refractivity contribution in [2.75, 3.05) is 5.32 Å². The molecule has 0 saturated carbocycles. The van der Waals surface area contributed by atoms with Gasteiger partial charge in [-0.05, 0) is 6.07 Å². The van der Waals surface area contributed by atoms with Crippen LogP contribution in [0.25, 0.3) is 10.9 Å². The highest BCUT2D eigenvalue weighted by atomic mass is 16.5.